The summed E-state index contributed by atoms with van der Waals surface area (Å²) in [5, 5.41) is 9.52. The predicted molar refractivity (Wildman–Crippen MR) is 71.2 cm³/mol. The molecule has 1 fully saturated rings. The van der Waals surface area contributed by atoms with Gasteiger partial charge in [-0.1, -0.05) is 6.42 Å². The molecule has 0 aromatic carbocycles. The molecule has 0 aliphatic carbocycles. The van der Waals surface area contributed by atoms with Gasteiger partial charge in [0.15, 0.2) is 0 Å². The van der Waals surface area contributed by atoms with Crippen molar-refractivity contribution in [1.82, 2.24) is 4.90 Å². The molecule has 102 valence electrons. The fourth-order valence-electron chi connectivity index (χ4n) is 2.48. The van der Waals surface area contributed by atoms with Gasteiger partial charge < -0.3 is 9.84 Å². The van der Waals surface area contributed by atoms with Crippen LogP contribution in [-0.4, -0.2) is 47.4 Å². The molecule has 0 amide bonds. The van der Waals surface area contributed by atoms with Crippen molar-refractivity contribution in [1.29, 1.82) is 0 Å². The summed E-state index contributed by atoms with van der Waals surface area (Å²) in [5.74, 6) is 0. The first-order chi connectivity index (χ1) is 7.88. The number of piperidine rings is 1. The zero-order valence-electron chi connectivity index (χ0n) is 11.9. The van der Waals surface area contributed by atoms with Gasteiger partial charge in [0, 0.05) is 12.6 Å². The van der Waals surface area contributed by atoms with E-state index in [1.54, 1.807) is 0 Å². The number of likely N-dealkylation sites (tertiary alicyclic amines) is 1. The van der Waals surface area contributed by atoms with Crippen LogP contribution in [0.15, 0.2) is 0 Å². The Morgan fingerprint density at radius 3 is 2.65 bits per heavy atom. The monoisotopic (exact) mass is 243 g/mol. The molecule has 2 atom stereocenters. The van der Waals surface area contributed by atoms with Crippen LogP contribution in [0.3, 0.4) is 0 Å². The van der Waals surface area contributed by atoms with Crippen LogP contribution in [0.5, 0.6) is 0 Å². The summed E-state index contributed by atoms with van der Waals surface area (Å²) >= 11 is 0. The molecule has 17 heavy (non-hydrogen) atoms. The fraction of sp³-hybridized carbons (Fsp3) is 1.00. The zero-order chi connectivity index (χ0) is 12.9. The van der Waals surface area contributed by atoms with Gasteiger partial charge in [0.25, 0.3) is 0 Å². The maximum absolute atomic E-state index is 9.52. The number of ether oxygens (including phenoxy) is 1. The fourth-order valence-corrected chi connectivity index (χ4v) is 2.48. The van der Waals surface area contributed by atoms with E-state index in [0.29, 0.717) is 6.04 Å². The molecular formula is C14H29NO2. The van der Waals surface area contributed by atoms with Crippen LogP contribution in [-0.2, 0) is 4.74 Å². The standard InChI is InChI=1S/C14H29NO2/c1-12(16)11-13-7-5-6-8-15(13)9-10-17-14(2,3)4/h12-13,16H,5-11H2,1-4H3. The summed E-state index contributed by atoms with van der Waals surface area (Å²) in [7, 11) is 0. The lowest BCUT2D eigenvalue weighted by atomic mass is 9.97. The molecule has 1 heterocycles. The molecule has 3 heteroatoms. The Bertz CT molecular complexity index is 211. The summed E-state index contributed by atoms with van der Waals surface area (Å²) in [6.45, 7) is 11.1. The molecule has 1 N–H and O–H groups in total. The molecule has 1 rings (SSSR count). The van der Waals surface area contributed by atoms with Crippen molar-refractivity contribution in [3.63, 3.8) is 0 Å². The number of aliphatic hydroxyl groups is 1. The quantitative estimate of drug-likeness (QED) is 0.805. The van der Waals surface area contributed by atoms with E-state index < -0.39 is 0 Å². The lowest BCUT2D eigenvalue weighted by Crippen LogP contribution is -2.43. The molecule has 0 aromatic rings. The van der Waals surface area contributed by atoms with E-state index in [1.165, 1.54) is 19.3 Å². The zero-order valence-corrected chi connectivity index (χ0v) is 11.9. The summed E-state index contributed by atoms with van der Waals surface area (Å²) in [4.78, 5) is 2.49. The highest BCUT2D eigenvalue weighted by atomic mass is 16.5. The first-order valence-electron chi connectivity index (χ1n) is 6.94. The minimum atomic E-state index is -0.191. The van der Waals surface area contributed by atoms with Gasteiger partial charge in [-0.3, -0.25) is 4.90 Å². The Balaban J connectivity index is 2.32. The van der Waals surface area contributed by atoms with Crippen LogP contribution < -0.4 is 0 Å². The van der Waals surface area contributed by atoms with Gasteiger partial charge in [0.1, 0.15) is 0 Å². The van der Waals surface area contributed by atoms with Crippen LogP contribution in [0.25, 0.3) is 0 Å². The number of nitrogens with zero attached hydrogens (tertiary/aromatic N) is 1. The summed E-state index contributed by atoms with van der Waals surface area (Å²) in [5.41, 5.74) is -0.0461. The largest absolute Gasteiger partial charge is 0.393 e. The van der Waals surface area contributed by atoms with Gasteiger partial charge in [-0.2, -0.15) is 0 Å². The van der Waals surface area contributed by atoms with E-state index >= 15 is 0 Å². The third-order valence-corrected chi connectivity index (χ3v) is 3.28. The Morgan fingerprint density at radius 2 is 2.06 bits per heavy atom. The van der Waals surface area contributed by atoms with Gasteiger partial charge in [-0.05, 0) is 53.5 Å². The van der Waals surface area contributed by atoms with E-state index in [2.05, 4.69) is 25.7 Å². The van der Waals surface area contributed by atoms with E-state index in [0.717, 1.165) is 26.1 Å². The van der Waals surface area contributed by atoms with Gasteiger partial charge >= 0.3 is 0 Å². The first-order valence-corrected chi connectivity index (χ1v) is 6.94. The second kappa shape index (κ2) is 6.72. The maximum Gasteiger partial charge on any atom is 0.0600 e. The third-order valence-electron chi connectivity index (χ3n) is 3.28. The third kappa shape index (κ3) is 6.39. The Hall–Kier alpha value is -0.120. The molecule has 0 spiro atoms. The number of hydrogen-bond donors (Lipinski definition) is 1. The minimum absolute atomic E-state index is 0.0461. The summed E-state index contributed by atoms with van der Waals surface area (Å²) < 4.78 is 5.78. The number of aliphatic hydroxyl groups excluding tert-OH is 1. The SMILES string of the molecule is CC(O)CC1CCCCN1CCOC(C)(C)C. The van der Waals surface area contributed by atoms with E-state index in [1.807, 2.05) is 6.92 Å². The molecule has 1 saturated heterocycles. The van der Waals surface area contributed by atoms with Crippen LogP contribution in [0.2, 0.25) is 0 Å². The van der Waals surface area contributed by atoms with E-state index in [-0.39, 0.29) is 11.7 Å². The van der Waals surface area contributed by atoms with Crippen molar-refractivity contribution in [2.24, 2.45) is 0 Å². The molecule has 3 nitrogen and oxygen atoms in total. The summed E-state index contributed by atoms with van der Waals surface area (Å²) in [6, 6.07) is 0.548. The normalized spacial score (nSPS) is 24.9. The molecule has 1 aliphatic heterocycles. The van der Waals surface area contributed by atoms with E-state index in [9.17, 15) is 5.11 Å². The van der Waals surface area contributed by atoms with Crippen LogP contribution in [0.1, 0.15) is 53.4 Å². The summed E-state index contributed by atoms with van der Waals surface area (Å²) in [6.07, 6.45) is 4.51. The average Bonchev–Trinajstić information content (AvgIpc) is 2.18. The van der Waals surface area contributed by atoms with E-state index in [4.69, 9.17) is 4.74 Å². The average molecular weight is 243 g/mol. The highest BCUT2D eigenvalue weighted by Crippen LogP contribution is 2.20. The van der Waals surface area contributed by atoms with Gasteiger partial charge in [-0.25, -0.2) is 0 Å². The van der Waals surface area contributed by atoms with Crippen molar-refractivity contribution < 1.29 is 9.84 Å². The number of hydrogen-bond acceptors (Lipinski definition) is 3. The predicted octanol–water partition coefficient (Wildman–Crippen LogP) is 2.43. The Labute approximate surface area is 106 Å². The van der Waals surface area contributed by atoms with Crippen molar-refractivity contribution in [3.05, 3.63) is 0 Å². The minimum Gasteiger partial charge on any atom is -0.393 e. The van der Waals surface area contributed by atoms with Crippen molar-refractivity contribution in [3.8, 4) is 0 Å². The van der Waals surface area contributed by atoms with Gasteiger partial charge in [0.05, 0.1) is 18.3 Å². The van der Waals surface area contributed by atoms with Crippen molar-refractivity contribution in [2.45, 2.75) is 71.1 Å². The van der Waals surface area contributed by atoms with Crippen molar-refractivity contribution in [2.75, 3.05) is 19.7 Å². The van der Waals surface area contributed by atoms with Gasteiger partial charge in [-0.15, -0.1) is 0 Å². The van der Waals surface area contributed by atoms with Crippen LogP contribution >= 0.6 is 0 Å². The molecule has 0 saturated carbocycles. The first kappa shape index (κ1) is 14.9. The van der Waals surface area contributed by atoms with Crippen LogP contribution in [0.4, 0.5) is 0 Å². The number of rotatable bonds is 5. The molecule has 1 aliphatic rings. The topological polar surface area (TPSA) is 32.7 Å². The Morgan fingerprint density at radius 1 is 1.35 bits per heavy atom. The second-order valence-electron chi connectivity index (χ2n) is 6.23. The Kier molecular flexibility index (Phi) is 5.90. The highest BCUT2D eigenvalue weighted by molar-refractivity contribution is 4.78. The second-order valence-corrected chi connectivity index (χ2v) is 6.23. The molecule has 0 bridgehead atoms. The maximum atomic E-state index is 9.52. The van der Waals surface area contributed by atoms with Crippen molar-refractivity contribution >= 4 is 0 Å². The van der Waals surface area contributed by atoms with Gasteiger partial charge in [0.2, 0.25) is 0 Å². The highest BCUT2D eigenvalue weighted by Gasteiger charge is 2.23. The molecule has 0 aromatic heterocycles. The molecule has 0 radical (unpaired) electrons. The lowest BCUT2D eigenvalue weighted by molar-refractivity contribution is -0.0243. The molecule has 2 unspecified atom stereocenters. The lowest BCUT2D eigenvalue weighted by Gasteiger charge is -2.37. The molecular weight excluding hydrogens is 214 g/mol. The van der Waals surface area contributed by atoms with Crippen LogP contribution in [0, 0.1) is 0 Å². The smallest absolute Gasteiger partial charge is 0.0600 e.